The van der Waals surface area contributed by atoms with Crippen molar-refractivity contribution in [2.45, 2.75) is 37.5 Å². The van der Waals surface area contributed by atoms with Gasteiger partial charge in [0.2, 0.25) is 11.9 Å². The molecule has 0 saturated carbocycles. The van der Waals surface area contributed by atoms with Crippen LogP contribution in [-0.2, 0) is 17.9 Å². The maximum absolute atomic E-state index is 12.8. The number of carbonyl (C=O) groups excluding carboxylic acids is 1. The molecule has 0 radical (unpaired) electrons. The van der Waals surface area contributed by atoms with Crippen molar-refractivity contribution >= 4 is 29.3 Å². The smallest absolute Gasteiger partial charge is 0.233 e. The third-order valence-electron chi connectivity index (χ3n) is 5.85. The Hall–Kier alpha value is -2.94. The molecule has 1 aliphatic heterocycles. The zero-order valence-corrected chi connectivity index (χ0v) is 20.4. The maximum atomic E-state index is 12.8. The normalized spacial score (nSPS) is 13.8. The van der Waals surface area contributed by atoms with Crippen molar-refractivity contribution in [3.05, 3.63) is 54.0 Å². The molecule has 1 amide bonds. The Balaban J connectivity index is 1.41. The number of benzene rings is 1. The second-order valence-corrected chi connectivity index (χ2v) is 9.54. The van der Waals surface area contributed by atoms with Crippen LogP contribution in [-0.4, -0.2) is 65.6 Å². The van der Waals surface area contributed by atoms with Gasteiger partial charge in [-0.1, -0.05) is 23.9 Å². The molecule has 176 valence electrons. The van der Waals surface area contributed by atoms with Gasteiger partial charge in [-0.25, -0.2) is 0 Å². The molecule has 0 unspecified atom stereocenters. The lowest BCUT2D eigenvalue weighted by Crippen LogP contribution is -2.32. The molecule has 0 atom stereocenters. The standard InChI is InChI=1S/C24H32N6O2S/c1-27(2)20-11-9-19(10-12-20)16-28(3)22(31)18-33-24-26-25-23(29-13-5-4-6-14-29)30(24)17-21-8-7-15-32-21/h7-12,15H,4-6,13-14,16-18H2,1-3H3. The Labute approximate surface area is 199 Å². The first-order valence-corrected chi connectivity index (χ1v) is 12.3. The fourth-order valence-corrected chi connectivity index (χ4v) is 4.78. The number of hydrogen-bond acceptors (Lipinski definition) is 7. The number of hydrogen-bond donors (Lipinski definition) is 0. The summed E-state index contributed by atoms with van der Waals surface area (Å²) in [6.07, 6.45) is 5.25. The summed E-state index contributed by atoms with van der Waals surface area (Å²) < 4.78 is 7.65. The van der Waals surface area contributed by atoms with E-state index in [4.69, 9.17) is 4.42 Å². The third-order valence-corrected chi connectivity index (χ3v) is 6.80. The summed E-state index contributed by atoms with van der Waals surface area (Å²) in [5.74, 6) is 2.07. The minimum Gasteiger partial charge on any atom is -0.467 e. The van der Waals surface area contributed by atoms with Gasteiger partial charge in [-0.3, -0.25) is 9.36 Å². The molecule has 33 heavy (non-hydrogen) atoms. The van der Waals surface area contributed by atoms with E-state index in [0.29, 0.717) is 18.8 Å². The van der Waals surface area contributed by atoms with E-state index in [1.165, 1.54) is 18.2 Å². The molecule has 2 aromatic heterocycles. The van der Waals surface area contributed by atoms with Crippen molar-refractivity contribution in [1.29, 1.82) is 0 Å². The number of piperidine rings is 1. The van der Waals surface area contributed by atoms with Gasteiger partial charge in [0.25, 0.3) is 0 Å². The number of carbonyl (C=O) groups is 1. The number of furan rings is 1. The van der Waals surface area contributed by atoms with Crippen LogP contribution in [0.3, 0.4) is 0 Å². The predicted octanol–water partition coefficient (Wildman–Crippen LogP) is 3.73. The van der Waals surface area contributed by atoms with Crippen molar-refractivity contribution in [2.24, 2.45) is 0 Å². The zero-order valence-electron chi connectivity index (χ0n) is 19.6. The fourth-order valence-electron chi connectivity index (χ4n) is 3.91. The molecule has 9 heteroatoms. The minimum atomic E-state index is 0.0590. The van der Waals surface area contributed by atoms with E-state index >= 15 is 0 Å². The lowest BCUT2D eigenvalue weighted by Gasteiger charge is -2.27. The van der Waals surface area contributed by atoms with Crippen LogP contribution in [0.25, 0.3) is 0 Å². The molecular formula is C24H32N6O2S. The van der Waals surface area contributed by atoms with Crippen LogP contribution in [0.1, 0.15) is 30.6 Å². The number of aromatic nitrogens is 3. The molecular weight excluding hydrogens is 436 g/mol. The fraction of sp³-hybridized carbons (Fsp3) is 0.458. The Bertz CT molecular complexity index is 1030. The van der Waals surface area contributed by atoms with Gasteiger partial charge < -0.3 is 19.1 Å². The van der Waals surface area contributed by atoms with Gasteiger partial charge in [-0.15, -0.1) is 10.2 Å². The number of nitrogens with zero attached hydrogens (tertiary/aromatic N) is 6. The molecule has 3 heterocycles. The van der Waals surface area contributed by atoms with Crippen molar-refractivity contribution in [3.8, 4) is 0 Å². The summed E-state index contributed by atoms with van der Waals surface area (Å²) >= 11 is 1.43. The first-order chi connectivity index (χ1) is 16.0. The van der Waals surface area contributed by atoms with E-state index in [2.05, 4.69) is 48.8 Å². The topological polar surface area (TPSA) is 70.6 Å². The van der Waals surface area contributed by atoms with E-state index in [1.807, 2.05) is 33.3 Å². The number of amides is 1. The Morgan fingerprint density at radius 2 is 1.82 bits per heavy atom. The molecule has 1 aromatic carbocycles. The molecule has 0 aliphatic carbocycles. The van der Waals surface area contributed by atoms with Crippen molar-refractivity contribution in [2.75, 3.05) is 49.8 Å². The molecule has 0 spiro atoms. The Kier molecular flexibility index (Phi) is 7.59. The summed E-state index contributed by atoms with van der Waals surface area (Å²) in [7, 11) is 5.88. The molecule has 1 aliphatic rings. The van der Waals surface area contributed by atoms with Gasteiger partial charge >= 0.3 is 0 Å². The van der Waals surface area contributed by atoms with Crippen LogP contribution < -0.4 is 9.80 Å². The van der Waals surface area contributed by atoms with Crippen molar-refractivity contribution < 1.29 is 9.21 Å². The van der Waals surface area contributed by atoms with Gasteiger partial charge in [0.05, 0.1) is 18.6 Å². The largest absolute Gasteiger partial charge is 0.467 e. The summed E-state index contributed by atoms with van der Waals surface area (Å²) in [4.78, 5) is 19.0. The highest BCUT2D eigenvalue weighted by Crippen LogP contribution is 2.26. The van der Waals surface area contributed by atoms with Crippen LogP contribution in [0.15, 0.2) is 52.2 Å². The average Bonchev–Trinajstić information content (AvgIpc) is 3.49. The summed E-state index contributed by atoms with van der Waals surface area (Å²) in [6.45, 7) is 3.09. The highest BCUT2D eigenvalue weighted by molar-refractivity contribution is 7.99. The van der Waals surface area contributed by atoms with E-state index in [9.17, 15) is 4.79 Å². The highest BCUT2D eigenvalue weighted by atomic mass is 32.2. The highest BCUT2D eigenvalue weighted by Gasteiger charge is 2.22. The molecule has 1 saturated heterocycles. The maximum Gasteiger partial charge on any atom is 0.233 e. The van der Waals surface area contributed by atoms with Crippen LogP contribution in [0.4, 0.5) is 11.6 Å². The van der Waals surface area contributed by atoms with Crippen LogP contribution in [0.5, 0.6) is 0 Å². The van der Waals surface area contributed by atoms with Crippen LogP contribution >= 0.6 is 11.8 Å². The third kappa shape index (κ3) is 5.90. The monoisotopic (exact) mass is 468 g/mol. The predicted molar refractivity (Wildman–Crippen MR) is 132 cm³/mol. The van der Waals surface area contributed by atoms with Crippen molar-refractivity contribution in [3.63, 3.8) is 0 Å². The van der Waals surface area contributed by atoms with Crippen LogP contribution in [0.2, 0.25) is 0 Å². The number of rotatable bonds is 9. The quantitative estimate of drug-likeness (QED) is 0.443. The minimum absolute atomic E-state index is 0.0590. The molecule has 8 nitrogen and oxygen atoms in total. The van der Waals surface area contributed by atoms with E-state index in [0.717, 1.165) is 54.0 Å². The molecule has 0 N–H and O–H groups in total. The zero-order chi connectivity index (χ0) is 23.2. The van der Waals surface area contributed by atoms with Crippen LogP contribution in [0, 0.1) is 0 Å². The Morgan fingerprint density at radius 1 is 1.06 bits per heavy atom. The van der Waals surface area contributed by atoms with E-state index in [-0.39, 0.29) is 5.91 Å². The average molecular weight is 469 g/mol. The summed E-state index contributed by atoms with van der Waals surface area (Å²) in [6, 6.07) is 12.1. The Morgan fingerprint density at radius 3 is 2.48 bits per heavy atom. The van der Waals surface area contributed by atoms with Gasteiger partial charge in [0.1, 0.15) is 5.76 Å². The van der Waals surface area contributed by atoms with Gasteiger partial charge in [0, 0.05) is 46.5 Å². The first kappa shape index (κ1) is 23.2. The lowest BCUT2D eigenvalue weighted by molar-refractivity contribution is -0.127. The number of thioether (sulfide) groups is 1. The van der Waals surface area contributed by atoms with E-state index < -0.39 is 0 Å². The SMILES string of the molecule is CN(Cc1ccc(N(C)C)cc1)C(=O)CSc1nnc(N2CCCCC2)n1Cc1ccco1. The summed E-state index contributed by atoms with van der Waals surface area (Å²) in [5, 5.41) is 9.65. The first-order valence-electron chi connectivity index (χ1n) is 11.3. The molecule has 4 rings (SSSR count). The summed E-state index contributed by atoms with van der Waals surface area (Å²) in [5.41, 5.74) is 2.25. The van der Waals surface area contributed by atoms with Gasteiger partial charge in [-0.05, 0) is 49.1 Å². The second kappa shape index (κ2) is 10.8. The van der Waals surface area contributed by atoms with Crippen molar-refractivity contribution in [1.82, 2.24) is 19.7 Å². The lowest BCUT2D eigenvalue weighted by atomic mass is 10.1. The van der Waals surface area contributed by atoms with Gasteiger partial charge in [-0.2, -0.15) is 0 Å². The molecule has 1 fully saturated rings. The molecule has 0 bridgehead atoms. The van der Waals surface area contributed by atoms with Gasteiger partial charge in [0.15, 0.2) is 5.16 Å². The van der Waals surface area contributed by atoms with E-state index in [1.54, 1.807) is 11.2 Å². The second-order valence-electron chi connectivity index (χ2n) is 8.60. The molecule has 3 aromatic rings. The number of anilines is 2.